The van der Waals surface area contributed by atoms with Crippen molar-refractivity contribution in [2.75, 3.05) is 6.54 Å². The lowest BCUT2D eigenvalue weighted by atomic mass is 9.98. The molecule has 0 radical (unpaired) electrons. The number of rotatable bonds is 6. The lowest BCUT2D eigenvalue weighted by Crippen LogP contribution is -2.37. The minimum absolute atomic E-state index is 0.0761. The van der Waals surface area contributed by atoms with Gasteiger partial charge in [-0.15, -0.1) is 0 Å². The van der Waals surface area contributed by atoms with E-state index in [0.29, 0.717) is 11.8 Å². The highest BCUT2D eigenvalue weighted by Gasteiger charge is 2.19. The molecule has 1 atom stereocenters. The molecule has 0 saturated carbocycles. The van der Waals surface area contributed by atoms with Crippen molar-refractivity contribution in [3.63, 3.8) is 0 Å². The molecule has 6 nitrogen and oxygen atoms in total. The molecule has 128 valence electrons. The molecule has 0 saturated heterocycles. The molecule has 2 amide bonds. The summed E-state index contributed by atoms with van der Waals surface area (Å²) in [5.41, 5.74) is 7.21. The summed E-state index contributed by atoms with van der Waals surface area (Å²) >= 11 is 0. The third-order valence-electron chi connectivity index (χ3n) is 3.99. The van der Waals surface area contributed by atoms with Crippen molar-refractivity contribution in [2.45, 2.75) is 6.42 Å². The number of nitrogens with zero attached hydrogens (tertiary/aromatic N) is 1. The van der Waals surface area contributed by atoms with Crippen molar-refractivity contribution in [1.82, 2.24) is 15.5 Å². The Labute approximate surface area is 143 Å². The van der Waals surface area contributed by atoms with Gasteiger partial charge in [-0.1, -0.05) is 30.3 Å². The molecular weight excluding hydrogens is 323 g/mol. The molecule has 0 fully saturated rings. The number of nitrogens with one attached hydrogen (secondary N) is 2. The minimum Gasteiger partial charge on any atom is -0.369 e. The Kier molecular flexibility index (Phi) is 4.74. The van der Waals surface area contributed by atoms with Gasteiger partial charge in [-0.25, -0.2) is 4.39 Å². The molecule has 0 aliphatic rings. The molecule has 2 aromatic carbocycles. The van der Waals surface area contributed by atoms with E-state index in [0.717, 1.165) is 11.1 Å². The van der Waals surface area contributed by atoms with Crippen LogP contribution < -0.4 is 11.1 Å². The van der Waals surface area contributed by atoms with Crippen LogP contribution in [0.5, 0.6) is 0 Å². The van der Waals surface area contributed by atoms with E-state index in [1.807, 2.05) is 18.2 Å². The quantitative estimate of drug-likeness (QED) is 0.637. The van der Waals surface area contributed by atoms with Gasteiger partial charge >= 0.3 is 0 Å². The summed E-state index contributed by atoms with van der Waals surface area (Å²) in [5, 5.41) is 10.2. The molecule has 1 aromatic heterocycles. The zero-order chi connectivity index (χ0) is 17.8. The van der Waals surface area contributed by atoms with Gasteiger partial charge in [0.25, 0.3) is 5.91 Å². The number of amides is 2. The fraction of sp³-hybridized carbons (Fsp3) is 0.167. The Morgan fingerprint density at radius 3 is 2.60 bits per heavy atom. The van der Waals surface area contributed by atoms with Crippen LogP contribution >= 0.6 is 0 Å². The zero-order valence-electron chi connectivity index (χ0n) is 13.3. The monoisotopic (exact) mass is 340 g/mol. The van der Waals surface area contributed by atoms with E-state index in [4.69, 9.17) is 5.73 Å². The number of carbonyl (C=O) groups is 2. The molecular formula is C18H17FN4O2. The first kappa shape index (κ1) is 16.6. The first-order valence-corrected chi connectivity index (χ1v) is 7.79. The van der Waals surface area contributed by atoms with Crippen molar-refractivity contribution >= 4 is 22.7 Å². The highest BCUT2D eigenvalue weighted by atomic mass is 19.1. The number of para-hydroxylation sites is 1. The molecule has 3 rings (SSSR count). The Balaban J connectivity index is 1.67. The summed E-state index contributed by atoms with van der Waals surface area (Å²) in [4.78, 5) is 24.0. The Morgan fingerprint density at radius 1 is 1.16 bits per heavy atom. The van der Waals surface area contributed by atoms with E-state index in [-0.39, 0.29) is 24.0 Å². The smallest absolute Gasteiger partial charge is 0.272 e. The van der Waals surface area contributed by atoms with Gasteiger partial charge < -0.3 is 11.1 Å². The SMILES string of the molecule is NC(=O)[C@H](CNC(=O)c1n[nH]c2ccccc12)Cc1ccc(F)cc1. The molecule has 1 heterocycles. The largest absolute Gasteiger partial charge is 0.369 e. The predicted octanol–water partition coefficient (Wildman–Crippen LogP) is 1.78. The minimum atomic E-state index is -0.598. The molecule has 0 spiro atoms. The molecule has 7 heteroatoms. The lowest BCUT2D eigenvalue weighted by molar-refractivity contribution is -0.121. The number of benzene rings is 2. The molecule has 0 aliphatic carbocycles. The van der Waals surface area contributed by atoms with Gasteiger partial charge in [0, 0.05) is 11.9 Å². The summed E-state index contributed by atoms with van der Waals surface area (Å²) in [7, 11) is 0. The number of halogens is 1. The number of nitrogens with two attached hydrogens (primary N) is 1. The van der Waals surface area contributed by atoms with Gasteiger partial charge in [0.05, 0.1) is 11.4 Å². The highest BCUT2D eigenvalue weighted by molar-refractivity contribution is 6.04. The first-order chi connectivity index (χ1) is 12.0. The van der Waals surface area contributed by atoms with E-state index in [9.17, 15) is 14.0 Å². The fourth-order valence-electron chi connectivity index (χ4n) is 2.61. The van der Waals surface area contributed by atoms with Crippen LogP contribution in [0.3, 0.4) is 0 Å². The van der Waals surface area contributed by atoms with Crippen LogP contribution in [0.2, 0.25) is 0 Å². The van der Waals surface area contributed by atoms with Gasteiger partial charge in [-0.3, -0.25) is 14.7 Å². The number of carbonyl (C=O) groups excluding carboxylic acids is 2. The van der Waals surface area contributed by atoms with Gasteiger partial charge in [-0.05, 0) is 30.2 Å². The summed E-state index contributed by atoms with van der Waals surface area (Å²) < 4.78 is 13.0. The Morgan fingerprint density at radius 2 is 1.88 bits per heavy atom. The van der Waals surface area contributed by atoms with E-state index in [2.05, 4.69) is 15.5 Å². The standard InChI is InChI=1S/C18H17FN4O2/c19-13-7-5-11(6-8-13)9-12(17(20)24)10-21-18(25)16-14-3-1-2-4-15(14)22-23-16/h1-8,12H,9-10H2,(H2,20,24)(H,21,25)(H,22,23)/t12-/m0/s1. The Hall–Kier alpha value is -3.22. The second-order valence-electron chi connectivity index (χ2n) is 5.76. The Bertz CT molecular complexity index is 905. The van der Waals surface area contributed by atoms with Crippen molar-refractivity contribution < 1.29 is 14.0 Å². The number of hydrogen-bond donors (Lipinski definition) is 3. The van der Waals surface area contributed by atoms with Crippen LogP contribution in [0, 0.1) is 11.7 Å². The van der Waals surface area contributed by atoms with Crippen LogP contribution in [-0.2, 0) is 11.2 Å². The van der Waals surface area contributed by atoms with Gasteiger partial charge in [0.2, 0.25) is 5.91 Å². The van der Waals surface area contributed by atoms with Crippen LogP contribution in [0.15, 0.2) is 48.5 Å². The number of hydrogen-bond acceptors (Lipinski definition) is 3. The maximum absolute atomic E-state index is 13.0. The summed E-state index contributed by atoms with van der Waals surface area (Å²) in [6.45, 7) is 0.0761. The molecule has 3 aromatic rings. The zero-order valence-corrected chi connectivity index (χ0v) is 13.3. The van der Waals surface area contributed by atoms with Crippen molar-refractivity contribution in [3.05, 3.63) is 65.6 Å². The van der Waals surface area contributed by atoms with Gasteiger partial charge in [-0.2, -0.15) is 5.10 Å². The topological polar surface area (TPSA) is 101 Å². The number of primary amides is 1. The van der Waals surface area contributed by atoms with E-state index in [1.165, 1.54) is 12.1 Å². The number of aromatic nitrogens is 2. The van der Waals surface area contributed by atoms with Crippen LogP contribution in [0.1, 0.15) is 16.1 Å². The highest BCUT2D eigenvalue weighted by Crippen LogP contribution is 2.15. The maximum atomic E-state index is 13.0. The predicted molar refractivity (Wildman–Crippen MR) is 91.2 cm³/mol. The third kappa shape index (κ3) is 3.82. The molecule has 0 aliphatic heterocycles. The van der Waals surface area contributed by atoms with Gasteiger partial charge in [0.15, 0.2) is 5.69 Å². The summed E-state index contributed by atoms with van der Waals surface area (Å²) in [5.74, 6) is -1.86. The van der Waals surface area contributed by atoms with Crippen molar-refractivity contribution in [2.24, 2.45) is 11.7 Å². The third-order valence-corrected chi connectivity index (χ3v) is 3.99. The second-order valence-corrected chi connectivity index (χ2v) is 5.76. The van der Waals surface area contributed by atoms with Crippen LogP contribution in [0.4, 0.5) is 4.39 Å². The molecule has 25 heavy (non-hydrogen) atoms. The molecule has 0 bridgehead atoms. The van der Waals surface area contributed by atoms with E-state index in [1.54, 1.807) is 18.2 Å². The lowest BCUT2D eigenvalue weighted by Gasteiger charge is -2.14. The molecule has 0 unspecified atom stereocenters. The first-order valence-electron chi connectivity index (χ1n) is 7.79. The van der Waals surface area contributed by atoms with E-state index >= 15 is 0 Å². The average Bonchev–Trinajstić information content (AvgIpc) is 3.04. The van der Waals surface area contributed by atoms with Crippen molar-refractivity contribution in [1.29, 1.82) is 0 Å². The maximum Gasteiger partial charge on any atom is 0.272 e. The van der Waals surface area contributed by atoms with Gasteiger partial charge in [0.1, 0.15) is 5.82 Å². The molecule has 4 N–H and O–H groups in total. The normalized spacial score (nSPS) is 12.0. The summed E-state index contributed by atoms with van der Waals surface area (Å²) in [6, 6.07) is 13.1. The second kappa shape index (κ2) is 7.12. The van der Waals surface area contributed by atoms with Crippen LogP contribution in [-0.4, -0.2) is 28.6 Å². The summed E-state index contributed by atoms with van der Waals surface area (Å²) in [6.07, 6.45) is 0.317. The number of H-pyrrole nitrogens is 1. The average molecular weight is 340 g/mol. The van der Waals surface area contributed by atoms with E-state index < -0.39 is 11.8 Å². The fourth-order valence-corrected chi connectivity index (χ4v) is 2.61. The van der Waals surface area contributed by atoms with Crippen LogP contribution in [0.25, 0.3) is 10.9 Å². The van der Waals surface area contributed by atoms with Crippen molar-refractivity contribution in [3.8, 4) is 0 Å². The number of fused-ring (bicyclic) bond motifs is 1. The number of aromatic amines is 1.